The Morgan fingerprint density at radius 2 is 2.50 bits per heavy atom. The van der Waals surface area contributed by atoms with Gasteiger partial charge in [-0.1, -0.05) is 12.2 Å². The summed E-state index contributed by atoms with van der Waals surface area (Å²) in [6.45, 7) is 1.86. The molecule has 0 fully saturated rings. The number of hydrogen-bond acceptors (Lipinski definition) is 1. The monoisotopic (exact) mass is 138 g/mol. The van der Waals surface area contributed by atoms with E-state index >= 15 is 0 Å². The summed E-state index contributed by atoms with van der Waals surface area (Å²) in [5.74, 6) is 0. The molecule has 0 saturated heterocycles. The molecular formula is C7H10N2O. The minimum atomic E-state index is -0.426. The Kier molecular flexibility index (Phi) is 1.76. The Hall–Kier alpha value is -1.25. The minimum absolute atomic E-state index is 0.426. The van der Waals surface area contributed by atoms with Crippen molar-refractivity contribution in [3.8, 4) is 0 Å². The zero-order valence-corrected chi connectivity index (χ0v) is 5.87. The number of allylic oxidation sites excluding steroid dienone is 3. The molecule has 0 aromatic carbocycles. The zero-order chi connectivity index (χ0) is 7.56. The van der Waals surface area contributed by atoms with Crippen molar-refractivity contribution in [2.45, 2.75) is 13.3 Å². The van der Waals surface area contributed by atoms with Gasteiger partial charge in [-0.25, -0.2) is 4.79 Å². The van der Waals surface area contributed by atoms with Crippen LogP contribution in [-0.4, -0.2) is 10.9 Å². The highest BCUT2D eigenvalue weighted by Gasteiger charge is 2.08. The number of primary amides is 1. The van der Waals surface area contributed by atoms with Crippen LogP contribution in [0.3, 0.4) is 0 Å². The fourth-order valence-corrected chi connectivity index (χ4v) is 0.868. The van der Waals surface area contributed by atoms with Crippen molar-refractivity contribution in [1.29, 1.82) is 0 Å². The van der Waals surface area contributed by atoms with Gasteiger partial charge in [-0.3, -0.25) is 4.90 Å². The van der Waals surface area contributed by atoms with Gasteiger partial charge in [0.05, 0.1) is 0 Å². The third-order valence-corrected chi connectivity index (χ3v) is 1.42. The first-order valence-corrected chi connectivity index (χ1v) is 3.14. The molecule has 10 heavy (non-hydrogen) atoms. The molecule has 0 aliphatic carbocycles. The van der Waals surface area contributed by atoms with E-state index in [1.54, 1.807) is 6.20 Å². The summed E-state index contributed by atoms with van der Waals surface area (Å²) in [6.07, 6.45) is 6.41. The standard InChI is InChI=1S/C7H10N2O/c1-6-4-2-3-5-9(6)7(8)10/h3-5H,2H2,1H3,(H2,8,10). The number of nitrogens with two attached hydrogens (primary N) is 1. The van der Waals surface area contributed by atoms with Crippen LogP contribution in [0.5, 0.6) is 0 Å². The summed E-state index contributed by atoms with van der Waals surface area (Å²) in [6, 6.07) is -0.426. The molecular weight excluding hydrogens is 128 g/mol. The highest BCUT2D eigenvalue weighted by molar-refractivity contribution is 5.75. The maximum Gasteiger partial charge on any atom is 0.323 e. The highest BCUT2D eigenvalue weighted by Crippen LogP contribution is 2.10. The molecule has 0 atom stereocenters. The molecule has 0 saturated carbocycles. The minimum Gasteiger partial charge on any atom is -0.351 e. The number of rotatable bonds is 0. The average Bonchev–Trinajstić information content (AvgIpc) is 1.88. The number of carbonyl (C=O) groups is 1. The van der Waals surface area contributed by atoms with Crippen molar-refractivity contribution < 1.29 is 4.79 Å². The first kappa shape index (κ1) is 6.86. The van der Waals surface area contributed by atoms with Crippen LogP contribution in [0.25, 0.3) is 0 Å². The van der Waals surface area contributed by atoms with Crippen molar-refractivity contribution in [2.75, 3.05) is 0 Å². The molecule has 0 aromatic rings. The van der Waals surface area contributed by atoms with Crippen molar-refractivity contribution in [3.05, 3.63) is 24.0 Å². The smallest absolute Gasteiger partial charge is 0.323 e. The molecule has 1 heterocycles. The van der Waals surface area contributed by atoms with Gasteiger partial charge in [-0.2, -0.15) is 0 Å². The Morgan fingerprint density at radius 1 is 1.80 bits per heavy atom. The van der Waals surface area contributed by atoms with Gasteiger partial charge in [0.2, 0.25) is 0 Å². The molecule has 0 radical (unpaired) electrons. The van der Waals surface area contributed by atoms with E-state index in [1.807, 2.05) is 19.1 Å². The van der Waals surface area contributed by atoms with Gasteiger partial charge >= 0.3 is 6.03 Å². The summed E-state index contributed by atoms with van der Waals surface area (Å²) in [7, 11) is 0. The molecule has 2 N–H and O–H groups in total. The van der Waals surface area contributed by atoms with Crippen LogP contribution in [0.1, 0.15) is 13.3 Å². The summed E-state index contributed by atoms with van der Waals surface area (Å²) >= 11 is 0. The van der Waals surface area contributed by atoms with Gasteiger partial charge in [0.25, 0.3) is 0 Å². The number of amides is 2. The van der Waals surface area contributed by atoms with E-state index in [4.69, 9.17) is 5.73 Å². The number of hydrogen-bond donors (Lipinski definition) is 1. The molecule has 2 amide bonds. The lowest BCUT2D eigenvalue weighted by molar-refractivity contribution is 0.232. The molecule has 0 spiro atoms. The SMILES string of the molecule is CC1=CCC=CN1C(N)=O. The lowest BCUT2D eigenvalue weighted by Crippen LogP contribution is -2.30. The highest BCUT2D eigenvalue weighted by atomic mass is 16.2. The van der Waals surface area contributed by atoms with Crippen LogP contribution in [0.15, 0.2) is 24.0 Å². The van der Waals surface area contributed by atoms with Gasteiger partial charge in [0, 0.05) is 11.9 Å². The van der Waals surface area contributed by atoms with Crippen LogP contribution in [0.2, 0.25) is 0 Å². The van der Waals surface area contributed by atoms with Crippen LogP contribution < -0.4 is 5.73 Å². The molecule has 1 rings (SSSR count). The third-order valence-electron chi connectivity index (χ3n) is 1.42. The first-order chi connectivity index (χ1) is 4.72. The van der Waals surface area contributed by atoms with Crippen molar-refractivity contribution >= 4 is 6.03 Å². The van der Waals surface area contributed by atoms with E-state index < -0.39 is 6.03 Å². The number of carbonyl (C=O) groups excluding carboxylic acids is 1. The topological polar surface area (TPSA) is 46.3 Å². The van der Waals surface area contributed by atoms with Gasteiger partial charge < -0.3 is 5.73 Å². The van der Waals surface area contributed by atoms with E-state index in [-0.39, 0.29) is 0 Å². The van der Waals surface area contributed by atoms with Crippen LogP contribution in [0.4, 0.5) is 4.79 Å². The Bertz CT molecular complexity index is 206. The molecule has 0 bridgehead atoms. The summed E-state index contributed by atoms with van der Waals surface area (Å²) in [5.41, 5.74) is 5.95. The van der Waals surface area contributed by atoms with E-state index in [2.05, 4.69) is 0 Å². The fourth-order valence-electron chi connectivity index (χ4n) is 0.868. The Labute approximate surface area is 59.8 Å². The van der Waals surface area contributed by atoms with Crippen LogP contribution in [0, 0.1) is 0 Å². The van der Waals surface area contributed by atoms with Gasteiger partial charge in [-0.15, -0.1) is 0 Å². The van der Waals surface area contributed by atoms with Crippen molar-refractivity contribution in [2.24, 2.45) is 5.73 Å². The Morgan fingerprint density at radius 3 is 2.90 bits per heavy atom. The molecule has 3 nitrogen and oxygen atoms in total. The number of urea groups is 1. The second-order valence-corrected chi connectivity index (χ2v) is 2.17. The maximum absolute atomic E-state index is 10.6. The van der Waals surface area contributed by atoms with Crippen molar-refractivity contribution in [1.82, 2.24) is 4.90 Å². The predicted octanol–water partition coefficient (Wildman–Crippen LogP) is 1.19. The second-order valence-electron chi connectivity index (χ2n) is 2.17. The van der Waals surface area contributed by atoms with E-state index in [0.29, 0.717) is 0 Å². The first-order valence-electron chi connectivity index (χ1n) is 3.14. The quantitative estimate of drug-likeness (QED) is 0.537. The molecule has 1 aliphatic rings. The van der Waals surface area contributed by atoms with Gasteiger partial charge in [0.1, 0.15) is 0 Å². The molecule has 54 valence electrons. The van der Waals surface area contributed by atoms with Crippen molar-refractivity contribution in [3.63, 3.8) is 0 Å². The Balaban J connectivity index is 2.75. The lowest BCUT2D eigenvalue weighted by atomic mass is 10.2. The van der Waals surface area contributed by atoms with E-state index in [9.17, 15) is 4.79 Å². The van der Waals surface area contributed by atoms with Crippen LogP contribution >= 0.6 is 0 Å². The largest absolute Gasteiger partial charge is 0.351 e. The molecule has 3 heteroatoms. The summed E-state index contributed by atoms with van der Waals surface area (Å²) < 4.78 is 0. The molecule has 0 unspecified atom stereocenters. The van der Waals surface area contributed by atoms with E-state index in [1.165, 1.54) is 4.90 Å². The summed E-state index contributed by atoms with van der Waals surface area (Å²) in [5, 5.41) is 0. The van der Waals surface area contributed by atoms with E-state index in [0.717, 1.165) is 12.1 Å². The summed E-state index contributed by atoms with van der Waals surface area (Å²) in [4.78, 5) is 12.0. The van der Waals surface area contributed by atoms with Gasteiger partial charge in [-0.05, 0) is 13.3 Å². The predicted molar refractivity (Wildman–Crippen MR) is 38.9 cm³/mol. The maximum atomic E-state index is 10.6. The second kappa shape index (κ2) is 2.56. The van der Waals surface area contributed by atoms with Gasteiger partial charge in [0.15, 0.2) is 0 Å². The molecule has 1 aliphatic heterocycles. The fraction of sp³-hybridized carbons (Fsp3) is 0.286. The third kappa shape index (κ3) is 1.18. The average molecular weight is 138 g/mol. The van der Waals surface area contributed by atoms with Crippen LogP contribution in [-0.2, 0) is 0 Å². The molecule has 0 aromatic heterocycles. The zero-order valence-electron chi connectivity index (χ0n) is 5.87. The lowest BCUT2D eigenvalue weighted by Gasteiger charge is -2.18. The number of nitrogens with zero attached hydrogens (tertiary/aromatic N) is 1. The normalized spacial score (nSPS) is 16.9.